The van der Waals surface area contributed by atoms with E-state index in [1.807, 2.05) is 4.57 Å². The molecule has 6 nitrogen and oxygen atoms in total. The van der Waals surface area contributed by atoms with E-state index < -0.39 is 17.2 Å². The van der Waals surface area contributed by atoms with E-state index >= 15 is 4.39 Å². The zero-order valence-electron chi connectivity index (χ0n) is 14.9. The number of nitrogens with zero attached hydrogens (tertiary/aromatic N) is 2. The van der Waals surface area contributed by atoms with Crippen molar-refractivity contribution in [3.05, 3.63) is 39.4 Å². The van der Waals surface area contributed by atoms with Crippen molar-refractivity contribution in [1.29, 1.82) is 0 Å². The minimum absolute atomic E-state index is 0.0241. The summed E-state index contributed by atoms with van der Waals surface area (Å²) in [6, 6.07) is 1.68. The molecule has 7 heteroatoms. The number of hydrogen-bond donors (Lipinski definition) is 2. The second-order valence-corrected chi connectivity index (χ2v) is 8.09. The molecule has 1 aliphatic carbocycles. The van der Waals surface area contributed by atoms with Gasteiger partial charge in [0.25, 0.3) is 0 Å². The predicted octanol–water partition coefficient (Wildman–Crippen LogP) is 2.42. The van der Waals surface area contributed by atoms with Gasteiger partial charge in [0, 0.05) is 41.8 Å². The third-order valence-corrected chi connectivity index (χ3v) is 6.21. The highest BCUT2D eigenvalue weighted by atomic mass is 19.1. The quantitative estimate of drug-likeness (QED) is 0.846. The van der Waals surface area contributed by atoms with Gasteiger partial charge >= 0.3 is 5.97 Å². The Bertz CT molecular complexity index is 1030. The lowest BCUT2D eigenvalue weighted by Crippen LogP contribution is -2.31. The van der Waals surface area contributed by atoms with E-state index in [9.17, 15) is 14.7 Å². The molecular formula is C20H22FN3O3. The van der Waals surface area contributed by atoms with Crippen LogP contribution in [0.4, 0.5) is 10.1 Å². The van der Waals surface area contributed by atoms with Crippen molar-refractivity contribution in [2.75, 3.05) is 11.4 Å². The van der Waals surface area contributed by atoms with Crippen molar-refractivity contribution in [2.24, 2.45) is 5.73 Å². The van der Waals surface area contributed by atoms with Gasteiger partial charge in [0.15, 0.2) is 0 Å². The Morgan fingerprint density at radius 3 is 2.74 bits per heavy atom. The van der Waals surface area contributed by atoms with Crippen LogP contribution in [-0.4, -0.2) is 34.3 Å². The molecule has 1 aromatic carbocycles. The summed E-state index contributed by atoms with van der Waals surface area (Å²) in [4.78, 5) is 26.4. The number of carboxylic acids is 1. The van der Waals surface area contributed by atoms with Crippen LogP contribution < -0.4 is 16.1 Å². The largest absolute Gasteiger partial charge is 0.477 e. The van der Waals surface area contributed by atoms with Crippen LogP contribution in [0.3, 0.4) is 0 Å². The second-order valence-electron chi connectivity index (χ2n) is 8.09. The Morgan fingerprint density at radius 2 is 2.04 bits per heavy atom. The summed E-state index contributed by atoms with van der Waals surface area (Å²) < 4.78 is 17.1. The Balaban J connectivity index is 1.85. The number of benzene rings is 1. The van der Waals surface area contributed by atoms with E-state index in [4.69, 9.17) is 5.73 Å². The van der Waals surface area contributed by atoms with Crippen LogP contribution in [0.25, 0.3) is 10.9 Å². The van der Waals surface area contributed by atoms with Gasteiger partial charge in [-0.3, -0.25) is 4.79 Å². The molecule has 0 unspecified atom stereocenters. The molecule has 1 aromatic heterocycles. The summed E-state index contributed by atoms with van der Waals surface area (Å²) in [5, 5.41) is 9.61. The standard InChI is InChI=1S/C20H22FN3O3/c21-16-7-14-17(24(11-4-5-11)9-15(19(14)25)20(26)27)13-3-1-2-12-6-10(22)8-23(12)18(13)16/h7,9-12H,1-6,8,22H2,(H,26,27)/t10-,12-/m1/s1. The van der Waals surface area contributed by atoms with Crippen LogP contribution in [0.1, 0.15) is 54.1 Å². The molecule has 5 rings (SSSR count). The molecule has 0 radical (unpaired) electrons. The minimum atomic E-state index is -1.27. The molecule has 3 aliphatic rings. The Labute approximate surface area is 155 Å². The van der Waals surface area contributed by atoms with Crippen molar-refractivity contribution in [3.63, 3.8) is 0 Å². The Hall–Kier alpha value is -2.41. The van der Waals surface area contributed by atoms with Crippen molar-refractivity contribution in [3.8, 4) is 0 Å². The Morgan fingerprint density at radius 1 is 1.26 bits per heavy atom. The summed E-state index contributed by atoms with van der Waals surface area (Å²) in [6.07, 6.45) is 6.74. The van der Waals surface area contributed by atoms with Gasteiger partial charge < -0.3 is 20.3 Å². The number of rotatable bonds is 2. The number of aryl methyl sites for hydroxylation is 1. The van der Waals surface area contributed by atoms with Crippen LogP contribution in [0, 0.1) is 5.82 Å². The van der Waals surface area contributed by atoms with Crippen LogP contribution in [-0.2, 0) is 6.42 Å². The molecule has 2 atom stereocenters. The molecular weight excluding hydrogens is 349 g/mol. The number of anilines is 1. The van der Waals surface area contributed by atoms with Gasteiger partial charge in [0.05, 0.1) is 11.2 Å². The molecule has 0 amide bonds. The van der Waals surface area contributed by atoms with Gasteiger partial charge in [-0.25, -0.2) is 9.18 Å². The topological polar surface area (TPSA) is 88.6 Å². The zero-order valence-corrected chi connectivity index (χ0v) is 14.9. The molecule has 2 fully saturated rings. The van der Waals surface area contributed by atoms with E-state index in [1.165, 1.54) is 12.3 Å². The molecule has 0 bridgehead atoms. The average molecular weight is 371 g/mol. The molecule has 142 valence electrons. The summed E-state index contributed by atoms with van der Waals surface area (Å²) in [5.41, 5.74) is 7.37. The monoisotopic (exact) mass is 371 g/mol. The summed E-state index contributed by atoms with van der Waals surface area (Å²) in [5.74, 6) is -1.71. The van der Waals surface area contributed by atoms with Gasteiger partial charge in [-0.1, -0.05) is 0 Å². The summed E-state index contributed by atoms with van der Waals surface area (Å²) in [6.45, 7) is 0.612. The number of halogens is 1. The highest BCUT2D eigenvalue weighted by molar-refractivity contribution is 5.95. The van der Waals surface area contributed by atoms with Crippen LogP contribution in [0.15, 0.2) is 17.1 Å². The highest BCUT2D eigenvalue weighted by Gasteiger charge is 2.37. The molecule has 2 aliphatic heterocycles. The van der Waals surface area contributed by atoms with Crippen LogP contribution in [0.5, 0.6) is 0 Å². The maximum Gasteiger partial charge on any atom is 0.341 e. The molecule has 0 spiro atoms. The van der Waals surface area contributed by atoms with Gasteiger partial charge in [-0.15, -0.1) is 0 Å². The number of hydrogen-bond acceptors (Lipinski definition) is 4. The normalized spacial score (nSPS) is 24.6. The molecule has 3 heterocycles. The number of fused-ring (bicyclic) bond motifs is 5. The first-order chi connectivity index (χ1) is 13.0. The van der Waals surface area contributed by atoms with Gasteiger partial charge in [-0.05, 0) is 44.6 Å². The van der Waals surface area contributed by atoms with Gasteiger partial charge in [0.1, 0.15) is 11.4 Å². The predicted molar refractivity (Wildman–Crippen MR) is 100 cm³/mol. The van der Waals surface area contributed by atoms with Crippen molar-refractivity contribution >= 4 is 22.6 Å². The molecule has 3 N–H and O–H groups in total. The van der Waals surface area contributed by atoms with Crippen molar-refractivity contribution < 1.29 is 14.3 Å². The van der Waals surface area contributed by atoms with E-state index in [2.05, 4.69) is 4.90 Å². The number of aromatic carboxylic acids is 1. The van der Waals surface area contributed by atoms with Gasteiger partial charge in [0.2, 0.25) is 5.43 Å². The fourth-order valence-corrected chi connectivity index (χ4v) is 4.91. The number of aromatic nitrogens is 1. The summed E-state index contributed by atoms with van der Waals surface area (Å²) >= 11 is 0. The minimum Gasteiger partial charge on any atom is -0.477 e. The van der Waals surface area contributed by atoms with Crippen LogP contribution in [0.2, 0.25) is 0 Å². The first-order valence-corrected chi connectivity index (χ1v) is 9.61. The average Bonchev–Trinajstić information content (AvgIpc) is 3.40. The maximum atomic E-state index is 15.2. The Kier molecular flexibility index (Phi) is 3.59. The fourth-order valence-electron chi connectivity index (χ4n) is 4.91. The molecule has 1 saturated heterocycles. The lowest BCUT2D eigenvalue weighted by atomic mass is 9.99. The SMILES string of the molecule is N[C@@H]1C[C@H]2CCCc3c(c(F)cc4c(=O)c(C(=O)O)cn(C5CC5)c34)N2C1. The third-order valence-electron chi connectivity index (χ3n) is 6.21. The van der Waals surface area contributed by atoms with E-state index in [0.29, 0.717) is 24.2 Å². The summed E-state index contributed by atoms with van der Waals surface area (Å²) in [7, 11) is 0. The third kappa shape index (κ3) is 2.48. The highest BCUT2D eigenvalue weighted by Crippen LogP contribution is 2.43. The molecule has 1 saturated carbocycles. The van der Waals surface area contributed by atoms with E-state index in [0.717, 1.165) is 37.7 Å². The van der Waals surface area contributed by atoms with Crippen molar-refractivity contribution in [1.82, 2.24) is 4.57 Å². The molecule has 27 heavy (non-hydrogen) atoms. The maximum absolute atomic E-state index is 15.2. The first-order valence-electron chi connectivity index (χ1n) is 9.61. The zero-order chi connectivity index (χ0) is 18.9. The van der Waals surface area contributed by atoms with Crippen molar-refractivity contribution in [2.45, 2.75) is 56.7 Å². The number of carboxylic acid groups (broad SMARTS) is 1. The van der Waals surface area contributed by atoms with Gasteiger partial charge in [-0.2, -0.15) is 0 Å². The smallest absolute Gasteiger partial charge is 0.341 e. The second kappa shape index (κ2) is 5.79. The lowest BCUT2D eigenvalue weighted by molar-refractivity contribution is 0.0695. The number of carbonyl (C=O) groups is 1. The number of pyridine rings is 1. The first kappa shape index (κ1) is 16.7. The fraction of sp³-hybridized carbons (Fsp3) is 0.500. The van der Waals surface area contributed by atoms with E-state index in [1.54, 1.807) is 0 Å². The number of nitrogens with two attached hydrogens (primary N) is 1. The molecule has 2 aromatic rings. The van der Waals surface area contributed by atoms with Crippen LogP contribution >= 0.6 is 0 Å². The lowest BCUT2D eigenvalue weighted by Gasteiger charge is -2.27. The van der Waals surface area contributed by atoms with E-state index in [-0.39, 0.29) is 29.1 Å².